The number of nitrogens with zero attached hydrogens (tertiary/aromatic N) is 2. The van der Waals surface area contributed by atoms with Crippen molar-refractivity contribution in [2.45, 2.75) is 25.4 Å². The molecule has 144 valence electrons. The molecule has 0 saturated carbocycles. The summed E-state index contributed by atoms with van der Waals surface area (Å²) in [5.41, 5.74) is 0.589. The lowest BCUT2D eigenvalue weighted by Gasteiger charge is -2.08. The Morgan fingerprint density at radius 2 is 1.89 bits per heavy atom. The van der Waals surface area contributed by atoms with E-state index in [4.69, 9.17) is 28.0 Å². The van der Waals surface area contributed by atoms with Crippen molar-refractivity contribution in [2.24, 2.45) is 5.16 Å². The van der Waals surface area contributed by atoms with Crippen LogP contribution in [0.1, 0.15) is 29.7 Å². The SMILES string of the molecule is CO/N=C(\CCC(=O)Cc1ccc(C(F)(F)F)nc1)c1ccc(Cl)c(Cl)c1. The summed E-state index contributed by atoms with van der Waals surface area (Å²) in [6.45, 7) is 0. The van der Waals surface area contributed by atoms with Crippen LogP contribution in [0.2, 0.25) is 10.0 Å². The Hall–Kier alpha value is -2.12. The van der Waals surface area contributed by atoms with E-state index in [0.717, 1.165) is 12.3 Å². The summed E-state index contributed by atoms with van der Waals surface area (Å²) in [6, 6.07) is 7.04. The summed E-state index contributed by atoms with van der Waals surface area (Å²) in [5, 5.41) is 4.65. The van der Waals surface area contributed by atoms with Gasteiger partial charge in [0.25, 0.3) is 0 Å². The number of benzene rings is 1. The Labute approximate surface area is 163 Å². The van der Waals surface area contributed by atoms with Crippen molar-refractivity contribution in [1.29, 1.82) is 0 Å². The lowest BCUT2D eigenvalue weighted by Crippen LogP contribution is -2.10. The largest absolute Gasteiger partial charge is 0.433 e. The Morgan fingerprint density at radius 1 is 1.15 bits per heavy atom. The zero-order chi connectivity index (χ0) is 20.0. The molecule has 0 saturated heterocycles. The average molecular weight is 419 g/mol. The lowest BCUT2D eigenvalue weighted by molar-refractivity contribution is -0.141. The Bertz CT molecular complexity index is 837. The number of oxime groups is 1. The van der Waals surface area contributed by atoms with Gasteiger partial charge in [0.2, 0.25) is 0 Å². The number of carbonyl (C=O) groups excluding carboxylic acids is 1. The zero-order valence-electron chi connectivity index (χ0n) is 14.2. The maximum atomic E-state index is 12.5. The molecule has 2 rings (SSSR count). The predicted molar refractivity (Wildman–Crippen MR) is 97.2 cm³/mol. The monoisotopic (exact) mass is 418 g/mol. The molecule has 0 unspecified atom stereocenters. The molecule has 0 fully saturated rings. The summed E-state index contributed by atoms with van der Waals surface area (Å²) in [5.74, 6) is -0.166. The average Bonchev–Trinajstić information content (AvgIpc) is 2.61. The summed E-state index contributed by atoms with van der Waals surface area (Å²) >= 11 is 11.9. The molecule has 0 aliphatic carbocycles. The molecular weight excluding hydrogens is 404 g/mol. The van der Waals surface area contributed by atoms with Gasteiger partial charge >= 0.3 is 6.18 Å². The first-order valence-electron chi connectivity index (χ1n) is 7.80. The van der Waals surface area contributed by atoms with Crippen LogP contribution in [0.4, 0.5) is 13.2 Å². The molecule has 1 aromatic carbocycles. The third-order valence-electron chi connectivity index (χ3n) is 3.61. The van der Waals surface area contributed by atoms with Crippen LogP contribution in [0.25, 0.3) is 0 Å². The first-order chi connectivity index (χ1) is 12.7. The van der Waals surface area contributed by atoms with Crippen molar-refractivity contribution in [3.8, 4) is 0 Å². The number of carbonyl (C=O) groups is 1. The maximum absolute atomic E-state index is 12.5. The second-order valence-electron chi connectivity index (χ2n) is 5.61. The summed E-state index contributed by atoms with van der Waals surface area (Å²) < 4.78 is 37.5. The van der Waals surface area contributed by atoms with E-state index in [1.165, 1.54) is 13.2 Å². The van der Waals surface area contributed by atoms with Crippen LogP contribution in [-0.4, -0.2) is 23.6 Å². The number of Topliss-reactive ketones (excluding diaryl/α,β-unsaturated/α-hetero) is 1. The number of rotatable bonds is 7. The van der Waals surface area contributed by atoms with Crippen LogP contribution < -0.4 is 0 Å². The fourth-order valence-corrected chi connectivity index (χ4v) is 2.60. The van der Waals surface area contributed by atoms with Crippen LogP contribution in [-0.2, 0) is 22.2 Å². The first-order valence-corrected chi connectivity index (χ1v) is 8.55. The van der Waals surface area contributed by atoms with Gasteiger partial charge in [-0.25, -0.2) is 0 Å². The number of hydrogen-bond donors (Lipinski definition) is 0. The summed E-state index contributed by atoms with van der Waals surface area (Å²) in [7, 11) is 1.38. The highest BCUT2D eigenvalue weighted by molar-refractivity contribution is 6.42. The molecule has 2 aromatic rings. The highest BCUT2D eigenvalue weighted by Crippen LogP contribution is 2.27. The van der Waals surface area contributed by atoms with E-state index >= 15 is 0 Å². The predicted octanol–water partition coefficient (Wildman–Crippen LogP) is 5.35. The third kappa shape index (κ3) is 6.22. The van der Waals surface area contributed by atoms with Crippen LogP contribution in [0.15, 0.2) is 41.7 Å². The lowest BCUT2D eigenvalue weighted by atomic mass is 10.0. The zero-order valence-corrected chi connectivity index (χ0v) is 15.7. The Morgan fingerprint density at radius 3 is 2.44 bits per heavy atom. The molecule has 4 nitrogen and oxygen atoms in total. The minimum Gasteiger partial charge on any atom is -0.399 e. The molecule has 27 heavy (non-hydrogen) atoms. The quantitative estimate of drug-likeness (QED) is 0.449. The third-order valence-corrected chi connectivity index (χ3v) is 4.35. The van der Waals surface area contributed by atoms with Crippen molar-refractivity contribution < 1.29 is 22.8 Å². The van der Waals surface area contributed by atoms with Crippen LogP contribution >= 0.6 is 23.2 Å². The van der Waals surface area contributed by atoms with Crippen molar-refractivity contribution >= 4 is 34.7 Å². The smallest absolute Gasteiger partial charge is 0.399 e. The molecule has 0 amide bonds. The first kappa shape index (κ1) is 21.2. The molecule has 0 atom stereocenters. The second-order valence-corrected chi connectivity index (χ2v) is 6.43. The molecule has 0 N–H and O–H groups in total. The molecule has 0 spiro atoms. The maximum Gasteiger partial charge on any atom is 0.433 e. The molecule has 1 aromatic heterocycles. The molecule has 1 heterocycles. The summed E-state index contributed by atoms with van der Waals surface area (Å²) in [6.07, 6.45) is -3.06. The number of pyridine rings is 1. The minimum atomic E-state index is -4.51. The molecule has 9 heteroatoms. The van der Waals surface area contributed by atoms with Crippen molar-refractivity contribution in [2.75, 3.05) is 7.11 Å². The number of halogens is 5. The molecular formula is C18H15Cl2F3N2O2. The van der Waals surface area contributed by atoms with Crippen LogP contribution in [0.5, 0.6) is 0 Å². The van der Waals surface area contributed by atoms with Gasteiger partial charge in [0, 0.05) is 31.0 Å². The van der Waals surface area contributed by atoms with E-state index in [1.54, 1.807) is 18.2 Å². The van der Waals surface area contributed by atoms with Crippen molar-refractivity contribution in [1.82, 2.24) is 4.98 Å². The normalized spacial score (nSPS) is 12.1. The van der Waals surface area contributed by atoms with Gasteiger partial charge < -0.3 is 4.84 Å². The molecule has 0 aliphatic rings. The molecule has 0 aliphatic heterocycles. The second kappa shape index (κ2) is 9.19. The van der Waals surface area contributed by atoms with Gasteiger partial charge in [0.05, 0.1) is 15.8 Å². The van der Waals surface area contributed by atoms with Gasteiger partial charge in [-0.1, -0.05) is 40.5 Å². The van der Waals surface area contributed by atoms with E-state index < -0.39 is 11.9 Å². The number of aromatic nitrogens is 1. The van der Waals surface area contributed by atoms with Crippen LogP contribution in [0, 0.1) is 0 Å². The van der Waals surface area contributed by atoms with Gasteiger partial charge in [0.1, 0.15) is 18.6 Å². The Kier molecular flexibility index (Phi) is 7.21. The fourth-order valence-electron chi connectivity index (χ4n) is 2.30. The fraction of sp³-hybridized carbons (Fsp3) is 0.278. The van der Waals surface area contributed by atoms with Gasteiger partial charge in [-0.05, 0) is 23.8 Å². The van der Waals surface area contributed by atoms with E-state index in [0.29, 0.717) is 26.9 Å². The summed E-state index contributed by atoms with van der Waals surface area (Å²) in [4.78, 5) is 20.3. The van der Waals surface area contributed by atoms with Gasteiger partial charge in [-0.2, -0.15) is 13.2 Å². The standard InChI is InChI=1S/C18H15Cl2F3N2O2/c1-27-25-16(12-3-5-14(19)15(20)9-12)6-4-13(26)8-11-2-7-17(24-10-11)18(21,22)23/h2-3,5,7,9-10H,4,6,8H2,1H3/b25-16+. The minimum absolute atomic E-state index is 0.0211. The van der Waals surface area contributed by atoms with Crippen LogP contribution in [0.3, 0.4) is 0 Å². The number of hydrogen-bond acceptors (Lipinski definition) is 4. The van der Waals surface area contributed by atoms with Crippen molar-refractivity contribution in [3.05, 3.63) is 63.4 Å². The highest BCUT2D eigenvalue weighted by Gasteiger charge is 2.32. The van der Waals surface area contributed by atoms with Crippen molar-refractivity contribution in [3.63, 3.8) is 0 Å². The highest BCUT2D eigenvalue weighted by atomic mass is 35.5. The molecule has 0 bridgehead atoms. The molecule has 0 radical (unpaired) electrons. The van der Waals surface area contributed by atoms with Gasteiger partial charge in [-0.15, -0.1) is 0 Å². The number of alkyl halides is 3. The Balaban J connectivity index is 2.00. The van der Waals surface area contributed by atoms with Gasteiger partial charge in [0.15, 0.2) is 0 Å². The van der Waals surface area contributed by atoms with E-state index in [9.17, 15) is 18.0 Å². The van der Waals surface area contributed by atoms with E-state index in [-0.39, 0.29) is 25.0 Å². The number of ketones is 1. The topological polar surface area (TPSA) is 51.5 Å². The van der Waals surface area contributed by atoms with Gasteiger partial charge in [-0.3, -0.25) is 9.78 Å². The van der Waals surface area contributed by atoms with E-state index in [2.05, 4.69) is 10.1 Å². The van der Waals surface area contributed by atoms with E-state index in [1.807, 2.05) is 0 Å².